The van der Waals surface area contributed by atoms with Crippen LogP contribution in [-0.4, -0.2) is 54.7 Å². The number of rotatable bonds is 3. The van der Waals surface area contributed by atoms with Crippen LogP contribution in [0.5, 0.6) is 5.75 Å². The van der Waals surface area contributed by atoms with Gasteiger partial charge in [-0.25, -0.2) is 4.98 Å². The molecule has 4 rings (SSSR count). The Hall–Kier alpha value is -2.74. The van der Waals surface area contributed by atoms with E-state index in [2.05, 4.69) is 51.3 Å². The molecular weight excluding hydrogens is 342 g/mol. The van der Waals surface area contributed by atoms with Gasteiger partial charge in [-0.1, -0.05) is 0 Å². The minimum absolute atomic E-state index is 0.0894. The molecule has 1 atom stereocenters. The minimum Gasteiger partial charge on any atom is -0.507 e. The highest BCUT2D eigenvalue weighted by molar-refractivity contribution is 5.86. The lowest BCUT2D eigenvalue weighted by Gasteiger charge is -2.25. The van der Waals surface area contributed by atoms with E-state index in [4.69, 9.17) is 0 Å². The molecular formula is C19H25N7O. The number of anilines is 1. The largest absolute Gasteiger partial charge is 0.507 e. The predicted octanol–water partition coefficient (Wildman–Crippen LogP) is 2.10. The fourth-order valence-corrected chi connectivity index (χ4v) is 3.60. The van der Waals surface area contributed by atoms with Gasteiger partial charge in [0.25, 0.3) is 0 Å². The third-order valence-corrected chi connectivity index (χ3v) is 4.67. The van der Waals surface area contributed by atoms with Crippen molar-refractivity contribution in [1.82, 2.24) is 30.3 Å². The summed E-state index contributed by atoms with van der Waals surface area (Å²) >= 11 is 0. The highest BCUT2D eigenvalue weighted by Gasteiger charge is 2.27. The maximum Gasteiger partial charge on any atom is 0.245 e. The van der Waals surface area contributed by atoms with Crippen molar-refractivity contribution in [2.45, 2.75) is 38.8 Å². The zero-order valence-electron chi connectivity index (χ0n) is 16.1. The Morgan fingerprint density at radius 3 is 2.74 bits per heavy atom. The number of phenols is 1. The maximum absolute atomic E-state index is 10.3. The molecule has 1 aliphatic rings. The van der Waals surface area contributed by atoms with E-state index >= 15 is 0 Å². The van der Waals surface area contributed by atoms with Gasteiger partial charge < -0.3 is 15.3 Å². The summed E-state index contributed by atoms with van der Waals surface area (Å²) < 4.78 is 1.72. The van der Waals surface area contributed by atoms with Gasteiger partial charge in [0.1, 0.15) is 11.4 Å². The summed E-state index contributed by atoms with van der Waals surface area (Å²) in [5, 5.41) is 27.8. The van der Waals surface area contributed by atoms with Gasteiger partial charge in [0, 0.05) is 54.9 Å². The number of fused-ring (bicyclic) bond motifs is 1. The summed E-state index contributed by atoms with van der Waals surface area (Å²) in [5.41, 5.74) is 1.98. The van der Waals surface area contributed by atoms with Crippen LogP contribution in [0, 0.1) is 0 Å². The van der Waals surface area contributed by atoms with Crippen molar-refractivity contribution in [3.05, 3.63) is 24.5 Å². The molecule has 2 aromatic heterocycles. The molecule has 8 nitrogen and oxygen atoms in total. The average molecular weight is 367 g/mol. The second kappa shape index (κ2) is 6.45. The quantitative estimate of drug-likeness (QED) is 0.732. The average Bonchev–Trinajstić information content (AvgIpc) is 3.18. The number of aromatic nitrogens is 5. The van der Waals surface area contributed by atoms with Crippen LogP contribution in [0.4, 0.5) is 5.95 Å². The fourth-order valence-electron chi connectivity index (χ4n) is 3.60. The second-order valence-corrected chi connectivity index (χ2v) is 8.20. The molecule has 27 heavy (non-hydrogen) atoms. The van der Waals surface area contributed by atoms with Gasteiger partial charge in [-0.3, -0.25) is 4.68 Å². The highest BCUT2D eigenvalue weighted by Crippen LogP contribution is 2.31. The van der Waals surface area contributed by atoms with E-state index < -0.39 is 0 Å². The van der Waals surface area contributed by atoms with Gasteiger partial charge >= 0.3 is 0 Å². The monoisotopic (exact) mass is 367 g/mol. The molecule has 142 valence electrons. The maximum atomic E-state index is 10.3. The lowest BCUT2D eigenvalue weighted by atomic mass is 10.1. The Kier molecular flexibility index (Phi) is 4.22. The Morgan fingerprint density at radius 1 is 1.22 bits per heavy atom. The molecule has 1 unspecified atom stereocenters. The smallest absolute Gasteiger partial charge is 0.245 e. The van der Waals surface area contributed by atoms with Crippen LogP contribution in [-0.2, 0) is 7.05 Å². The molecule has 0 saturated carbocycles. The molecule has 8 heteroatoms. The van der Waals surface area contributed by atoms with Crippen molar-refractivity contribution in [1.29, 1.82) is 0 Å². The van der Waals surface area contributed by atoms with Crippen LogP contribution in [0.1, 0.15) is 27.2 Å². The van der Waals surface area contributed by atoms with Crippen LogP contribution in [0.3, 0.4) is 0 Å². The van der Waals surface area contributed by atoms with Crippen molar-refractivity contribution in [2.75, 3.05) is 18.0 Å². The number of aromatic hydroxyl groups is 1. The first kappa shape index (κ1) is 17.7. The number of nitrogens with zero attached hydrogens (tertiary/aromatic N) is 6. The molecule has 0 bridgehead atoms. The fraction of sp³-hybridized carbons (Fsp3) is 0.474. The van der Waals surface area contributed by atoms with E-state index in [1.807, 2.05) is 19.3 Å². The lowest BCUT2D eigenvalue weighted by molar-refractivity contribution is 0.373. The molecule has 1 fully saturated rings. The second-order valence-electron chi connectivity index (χ2n) is 8.20. The van der Waals surface area contributed by atoms with E-state index in [0.717, 1.165) is 30.4 Å². The summed E-state index contributed by atoms with van der Waals surface area (Å²) in [7, 11) is 1.85. The number of benzene rings is 1. The van der Waals surface area contributed by atoms with E-state index in [0.29, 0.717) is 23.2 Å². The predicted molar refractivity (Wildman–Crippen MR) is 105 cm³/mol. The highest BCUT2D eigenvalue weighted by atomic mass is 16.3. The third-order valence-electron chi connectivity index (χ3n) is 4.67. The molecule has 1 saturated heterocycles. The number of hydrogen-bond acceptors (Lipinski definition) is 7. The Bertz CT molecular complexity index is 959. The topological polar surface area (TPSA) is 92.0 Å². The number of aryl methyl sites for hydroxylation is 1. The van der Waals surface area contributed by atoms with Gasteiger partial charge in [-0.15, -0.1) is 10.2 Å². The van der Waals surface area contributed by atoms with Gasteiger partial charge in [0.05, 0.1) is 11.7 Å². The van der Waals surface area contributed by atoms with Crippen molar-refractivity contribution in [3.8, 4) is 17.0 Å². The molecule has 3 aromatic rings. The van der Waals surface area contributed by atoms with Gasteiger partial charge in [-0.2, -0.15) is 5.10 Å². The van der Waals surface area contributed by atoms with Crippen LogP contribution >= 0.6 is 0 Å². The SMILES string of the molecule is Cn1cc2cc(-c3cnc(N4CCC(NC(C)(C)C)C4)nn3)c(O)cc2n1. The first-order valence-electron chi connectivity index (χ1n) is 9.17. The van der Waals surface area contributed by atoms with Crippen molar-refractivity contribution in [2.24, 2.45) is 7.05 Å². The first-order chi connectivity index (χ1) is 12.8. The molecule has 0 spiro atoms. The Morgan fingerprint density at radius 2 is 2.04 bits per heavy atom. The number of nitrogens with one attached hydrogen (secondary N) is 1. The van der Waals surface area contributed by atoms with Gasteiger partial charge in [-0.05, 0) is 33.3 Å². The van der Waals surface area contributed by atoms with E-state index in [-0.39, 0.29) is 11.3 Å². The van der Waals surface area contributed by atoms with E-state index in [9.17, 15) is 5.11 Å². The molecule has 1 aliphatic heterocycles. The van der Waals surface area contributed by atoms with Crippen LogP contribution in [0.2, 0.25) is 0 Å². The molecule has 0 amide bonds. The van der Waals surface area contributed by atoms with Crippen molar-refractivity contribution in [3.63, 3.8) is 0 Å². The zero-order valence-corrected chi connectivity index (χ0v) is 16.1. The molecule has 0 radical (unpaired) electrons. The number of phenolic OH excluding ortho intramolecular Hbond substituents is 1. The standard InChI is InChI=1S/C19H25N7O/c1-19(2,3)21-13-5-6-26(11-13)18-20-9-16(22-23-18)14-7-12-10-25(4)24-15(12)8-17(14)27/h7-10,13,21,27H,5-6,11H2,1-4H3. The molecule has 2 N–H and O–H groups in total. The Balaban J connectivity index is 1.54. The minimum atomic E-state index is 0.0894. The van der Waals surface area contributed by atoms with Crippen LogP contribution < -0.4 is 10.2 Å². The van der Waals surface area contributed by atoms with Gasteiger partial charge in [0.15, 0.2) is 0 Å². The summed E-state index contributed by atoms with van der Waals surface area (Å²) in [6.07, 6.45) is 4.63. The third kappa shape index (κ3) is 3.71. The summed E-state index contributed by atoms with van der Waals surface area (Å²) in [4.78, 5) is 6.63. The first-order valence-corrected chi connectivity index (χ1v) is 9.17. The number of hydrogen-bond donors (Lipinski definition) is 2. The van der Waals surface area contributed by atoms with Crippen molar-refractivity contribution < 1.29 is 5.11 Å². The molecule has 0 aliphatic carbocycles. The summed E-state index contributed by atoms with van der Waals surface area (Å²) in [6.45, 7) is 8.29. The van der Waals surface area contributed by atoms with Gasteiger partial charge in [0.2, 0.25) is 5.95 Å². The van der Waals surface area contributed by atoms with Crippen molar-refractivity contribution >= 4 is 16.9 Å². The van der Waals surface area contributed by atoms with Crippen LogP contribution in [0.25, 0.3) is 22.2 Å². The normalized spacial score (nSPS) is 17.8. The molecule has 3 heterocycles. The summed E-state index contributed by atoms with van der Waals surface area (Å²) in [5.74, 6) is 0.750. The van der Waals surface area contributed by atoms with E-state index in [1.165, 1.54) is 0 Å². The van der Waals surface area contributed by atoms with Crippen LogP contribution in [0.15, 0.2) is 24.5 Å². The Labute approximate surface area is 158 Å². The zero-order chi connectivity index (χ0) is 19.2. The van der Waals surface area contributed by atoms with E-state index in [1.54, 1.807) is 16.9 Å². The summed E-state index contributed by atoms with van der Waals surface area (Å²) in [6, 6.07) is 3.93. The molecule has 1 aromatic carbocycles. The lowest BCUT2D eigenvalue weighted by Crippen LogP contribution is -2.45.